The molecule has 0 bridgehead atoms. The molecule has 0 unspecified atom stereocenters. The summed E-state index contributed by atoms with van der Waals surface area (Å²) in [7, 11) is 0. The van der Waals surface area contributed by atoms with Crippen molar-refractivity contribution < 1.29 is 4.42 Å². The smallest absolute Gasteiger partial charge is 0.136 e. The Labute approximate surface area is 325 Å². The van der Waals surface area contributed by atoms with Crippen LogP contribution >= 0.6 is 0 Å². The van der Waals surface area contributed by atoms with Crippen molar-refractivity contribution in [2.24, 2.45) is 0 Å². The van der Waals surface area contributed by atoms with Gasteiger partial charge in [-0.05, 0) is 127 Å². The molecule has 0 saturated carbocycles. The van der Waals surface area contributed by atoms with Crippen LogP contribution in [0, 0.1) is 0 Å². The molecule has 2 heteroatoms. The second-order valence-electron chi connectivity index (χ2n) is 14.6. The van der Waals surface area contributed by atoms with Crippen molar-refractivity contribution in [2.75, 3.05) is 4.90 Å². The van der Waals surface area contributed by atoms with Gasteiger partial charge < -0.3 is 9.32 Å². The molecule has 1 heterocycles. The molecule has 0 amide bonds. The van der Waals surface area contributed by atoms with Crippen LogP contribution in [-0.2, 0) is 0 Å². The number of anilines is 3. The quantitative estimate of drug-likeness (QED) is 0.171. The van der Waals surface area contributed by atoms with E-state index in [0.29, 0.717) is 0 Å². The van der Waals surface area contributed by atoms with Crippen LogP contribution in [0.2, 0.25) is 0 Å². The third kappa shape index (κ3) is 5.59. The van der Waals surface area contributed by atoms with Crippen LogP contribution in [0.25, 0.3) is 87.6 Å². The Morgan fingerprint density at radius 2 is 0.821 bits per heavy atom. The number of rotatable bonds is 6. The van der Waals surface area contributed by atoms with Gasteiger partial charge in [-0.3, -0.25) is 0 Å². The molecular formula is C54H35NO. The monoisotopic (exact) mass is 713 g/mol. The van der Waals surface area contributed by atoms with Gasteiger partial charge in [0, 0.05) is 27.7 Å². The van der Waals surface area contributed by atoms with Crippen molar-refractivity contribution in [3.05, 3.63) is 212 Å². The molecule has 1 aromatic heterocycles. The Kier molecular flexibility index (Phi) is 7.53. The summed E-state index contributed by atoms with van der Waals surface area (Å²) in [6, 6.07) is 76.7. The SMILES string of the molecule is c1cc(-c2ccc3ccccc3c2)cc(N(c2ccc(-c3ccc4ccccc4c3)cc2)c2ccccc2-c2ccc3oc4cc5ccccc5cc4c3c2)c1. The van der Waals surface area contributed by atoms with Crippen molar-refractivity contribution in [3.63, 3.8) is 0 Å². The zero-order valence-electron chi connectivity index (χ0n) is 30.6. The van der Waals surface area contributed by atoms with Crippen molar-refractivity contribution in [1.29, 1.82) is 0 Å². The number of hydrogen-bond donors (Lipinski definition) is 0. The van der Waals surface area contributed by atoms with Gasteiger partial charge in [0.1, 0.15) is 11.2 Å². The van der Waals surface area contributed by atoms with E-state index in [1.807, 2.05) is 0 Å². The van der Waals surface area contributed by atoms with Gasteiger partial charge in [-0.25, -0.2) is 0 Å². The molecule has 11 aromatic rings. The highest BCUT2D eigenvalue weighted by atomic mass is 16.3. The molecule has 2 nitrogen and oxygen atoms in total. The number of fused-ring (bicyclic) bond motifs is 6. The zero-order valence-corrected chi connectivity index (χ0v) is 30.6. The second-order valence-corrected chi connectivity index (χ2v) is 14.6. The van der Waals surface area contributed by atoms with E-state index in [-0.39, 0.29) is 0 Å². The van der Waals surface area contributed by atoms with E-state index in [0.717, 1.165) is 50.1 Å². The van der Waals surface area contributed by atoms with E-state index < -0.39 is 0 Å². The Morgan fingerprint density at radius 3 is 1.54 bits per heavy atom. The summed E-state index contributed by atoms with van der Waals surface area (Å²) >= 11 is 0. The molecule has 0 aliphatic heterocycles. The van der Waals surface area contributed by atoms with Crippen LogP contribution < -0.4 is 4.90 Å². The lowest BCUT2D eigenvalue weighted by Gasteiger charge is -2.28. The van der Waals surface area contributed by atoms with Crippen LogP contribution in [0.3, 0.4) is 0 Å². The first kappa shape index (κ1) is 32.0. The van der Waals surface area contributed by atoms with Crippen LogP contribution in [-0.4, -0.2) is 0 Å². The molecule has 56 heavy (non-hydrogen) atoms. The maximum atomic E-state index is 6.41. The molecule has 11 rings (SSSR count). The third-order valence-electron chi connectivity index (χ3n) is 11.2. The van der Waals surface area contributed by atoms with Gasteiger partial charge >= 0.3 is 0 Å². The molecule has 0 aliphatic carbocycles. The molecule has 0 saturated heterocycles. The minimum absolute atomic E-state index is 0.890. The lowest BCUT2D eigenvalue weighted by molar-refractivity contribution is 0.669. The third-order valence-corrected chi connectivity index (χ3v) is 11.2. The number of hydrogen-bond acceptors (Lipinski definition) is 2. The summed E-state index contributed by atoms with van der Waals surface area (Å²) in [4.78, 5) is 2.40. The van der Waals surface area contributed by atoms with Gasteiger partial charge in [-0.2, -0.15) is 0 Å². The van der Waals surface area contributed by atoms with E-state index >= 15 is 0 Å². The van der Waals surface area contributed by atoms with Gasteiger partial charge in [0.15, 0.2) is 0 Å². The maximum absolute atomic E-state index is 6.41. The largest absolute Gasteiger partial charge is 0.456 e. The molecule has 0 fully saturated rings. The highest BCUT2D eigenvalue weighted by molar-refractivity contribution is 6.11. The first-order chi connectivity index (χ1) is 27.7. The van der Waals surface area contributed by atoms with Crippen molar-refractivity contribution in [2.45, 2.75) is 0 Å². The summed E-state index contributed by atoms with van der Waals surface area (Å²) in [5.74, 6) is 0. The topological polar surface area (TPSA) is 16.4 Å². The van der Waals surface area contributed by atoms with E-state index in [4.69, 9.17) is 4.42 Å². The van der Waals surface area contributed by atoms with Crippen LogP contribution in [0.4, 0.5) is 17.1 Å². The van der Waals surface area contributed by atoms with Crippen LogP contribution in [0.1, 0.15) is 0 Å². The standard InChI is InChI=1S/C54H35NO/c1-3-12-39-30-44(22-20-36(39)10-1)38-24-27-47(28-25-38)55(48-17-9-16-41(32-48)45-23-21-37-11-2-4-13-40(37)31-45)52-19-8-7-18-49(52)46-26-29-53-50(34-46)51-33-42-14-5-6-15-43(42)35-54(51)56-53/h1-35H. The van der Waals surface area contributed by atoms with Gasteiger partial charge in [0.05, 0.1) is 5.69 Å². The zero-order chi connectivity index (χ0) is 37.0. The van der Waals surface area contributed by atoms with Crippen molar-refractivity contribution >= 4 is 71.3 Å². The molecule has 262 valence electrons. The predicted octanol–water partition coefficient (Wildman–Crippen LogP) is 15.5. The van der Waals surface area contributed by atoms with Gasteiger partial charge in [0.2, 0.25) is 0 Å². The van der Waals surface area contributed by atoms with Gasteiger partial charge in [-0.1, -0.05) is 146 Å². The molecule has 0 radical (unpaired) electrons. The average Bonchev–Trinajstić information content (AvgIpc) is 3.62. The average molecular weight is 714 g/mol. The molecule has 0 N–H and O–H groups in total. The van der Waals surface area contributed by atoms with E-state index in [9.17, 15) is 0 Å². The fraction of sp³-hybridized carbons (Fsp3) is 0. The highest BCUT2D eigenvalue weighted by Gasteiger charge is 2.19. The normalized spacial score (nSPS) is 11.6. The van der Waals surface area contributed by atoms with Crippen LogP contribution in [0.5, 0.6) is 0 Å². The Balaban J connectivity index is 1.07. The molecular weight excluding hydrogens is 679 g/mol. The maximum Gasteiger partial charge on any atom is 0.136 e. The van der Waals surface area contributed by atoms with Crippen molar-refractivity contribution in [3.8, 4) is 33.4 Å². The fourth-order valence-corrected chi connectivity index (χ4v) is 8.34. The lowest BCUT2D eigenvalue weighted by atomic mass is 9.97. The Hall–Kier alpha value is -7.42. The molecule has 0 atom stereocenters. The summed E-state index contributed by atoms with van der Waals surface area (Å²) in [6.07, 6.45) is 0. The first-order valence-corrected chi connectivity index (χ1v) is 19.2. The second kappa shape index (κ2) is 13.2. The molecule has 10 aromatic carbocycles. The summed E-state index contributed by atoms with van der Waals surface area (Å²) in [5, 5.41) is 9.59. The minimum Gasteiger partial charge on any atom is -0.456 e. The Morgan fingerprint density at radius 1 is 0.286 bits per heavy atom. The number of benzene rings is 10. The number of nitrogens with zero attached hydrogens (tertiary/aromatic N) is 1. The Bertz CT molecular complexity index is 3260. The first-order valence-electron chi connectivity index (χ1n) is 19.2. The number of furan rings is 1. The highest BCUT2D eigenvalue weighted by Crippen LogP contribution is 2.44. The van der Waals surface area contributed by atoms with E-state index in [1.165, 1.54) is 54.6 Å². The predicted molar refractivity (Wildman–Crippen MR) is 237 cm³/mol. The van der Waals surface area contributed by atoms with Gasteiger partial charge in [0.25, 0.3) is 0 Å². The lowest BCUT2D eigenvalue weighted by Crippen LogP contribution is -2.11. The summed E-state index contributed by atoms with van der Waals surface area (Å²) in [6.45, 7) is 0. The van der Waals surface area contributed by atoms with Gasteiger partial charge in [-0.15, -0.1) is 0 Å². The summed E-state index contributed by atoms with van der Waals surface area (Å²) < 4.78 is 6.41. The van der Waals surface area contributed by atoms with Crippen LogP contribution in [0.15, 0.2) is 217 Å². The molecule has 0 spiro atoms. The number of para-hydroxylation sites is 1. The molecule has 0 aliphatic rings. The minimum atomic E-state index is 0.890. The van der Waals surface area contributed by atoms with E-state index in [2.05, 4.69) is 217 Å². The van der Waals surface area contributed by atoms with E-state index in [1.54, 1.807) is 0 Å². The fourth-order valence-electron chi connectivity index (χ4n) is 8.34. The summed E-state index contributed by atoms with van der Waals surface area (Å²) in [5.41, 5.74) is 12.1. The van der Waals surface area contributed by atoms with Crippen molar-refractivity contribution in [1.82, 2.24) is 0 Å².